The summed E-state index contributed by atoms with van der Waals surface area (Å²) >= 11 is 1.19. The first kappa shape index (κ1) is 22.5. The van der Waals surface area contributed by atoms with Crippen LogP contribution in [0.3, 0.4) is 0 Å². The number of oxazole rings is 1. The third-order valence-corrected chi connectivity index (χ3v) is 8.73. The predicted molar refractivity (Wildman–Crippen MR) is 131 cm³/mol. The average Bonchev–Trinajstić information content (AvgIpc) is 3.58. The second-order valence-electron chi connectivity index (χ2n) is 8.06. The molecule has 5 rings (SSSR count). The lowest BCUT2D eigenvalue weighted by Crippen LogP contribution is -2.46. The summed E-state index contributed by atoms with van der Waals surface area (Å²) in [5.74, 6) is 0.910. The largest absolute Gasteiger partial charge is 0.436 e. The van der Waals surface area contributed by atoms with Gasteiger partial charge in [-0.05, 0) is 36.4 Å². The van der Waals surface area contributed by atoms with E-state index >= 15 is 0 Å². The number of hydrogen-bond acceptors (Lipinski definition) is 6. The minimum atomic E-state index is -3.53. The number of carbonyl (C=O) groups is 1. The fraction of sp³-hybridized carbons (Fsp3) is 0.200. The van der Waals surface area contributed by atoms with Crippen LogP contribution in [0.2, 0.25) is 0 Å². The van der Waals surface area contributed by atoms with Gasteiger partial charge < -0.3 is 9.32 Å². The number of likely N-dealkylation sites (tertiary alicyclic amines) is 1. The van der Waals surface area contributed by atoms with Crippen molar-refractivity contribution in [3.8, 4) is 22.8 Å². The van der Waals surface area contributed by atoms with Crippen molar-refractivity contribution < 1.29 is 17.6 Å². The van der Waals surface area contributed by atoms with E-state index in [1.54, 1.807) is 34.7 Å². The molecule has 0 atom stereocenters. The Kier molecular flexibility index (Phi) is 6.32. The lowest BCUT2D eigenvalue weighted by atomic mass is 10.0. The summed E-state index contributed by atoms with van der Waals surface area (Å²) < 4.78 is 34.1. The Morgan fingerprint density at radius 1 is 1.00 bits per heavy atom. The van der Waals surface area contributed by atoms with Gasteiger partial charge in [0.2, 0.25) is 15.9 Å². The molecule has 0 radical (unpaired) electrons. The molecule has 4 aromatic rings. The molecule has 2 aromatic carbocycles. The van der Waals surface area contributed by atoms with Gasteiger partial charge in [-0.15, -0.1) is 11.3 Å². The van der Waals surface area contributed by atoms with Crippen molar-refractivity contribution in [3.05, 3.63) is 83.9 Å². The molecule has 9 heteroatoms. The third-order valence-electron chi connectivity index (χ3n) is 5.82. The van der Waals surface area contributed by atoms with Crippen LogP contribution in [-0.2, 0) is 10.0 Å². The summed E-state index contributed by atoms with van der Waals surface area (Å²) in [6.45, 7) is 0.928. The molecule has 0 unspecified atom stereocenters. The molecule has 2 aromatic heterocycles. The Morgan fingerprint density at radius 3 is 2.47 bits per heavy atom. The fourth-order valence-electron chi connectivity index (χ4n) is 4.06. The number of amides is 1. The van der Waals surface area contributed by atoms with E-state index in [0.29, 0.717) is 52.9 Å². The number of aromatic nitrogens is 1. The van der Waals surface area contributed by atoms with Crippen LogP contribution in [0.4, 0.5) is 0 Å². The zero-order valence-corrected chi connectivity index (χ0v) is 19.9. The van der Waals surface area contributed by atoms with Gasteiger partial charge in [0.15, 0.2) is 5.76 Å². The van der Waals surface area contributed by atoms with Gasteiger partial charge in [-0.1, -0.05) is 48.5 Å². The van der Waals surface area contributed by atoms with Crippen molar-refractivity contribution in [1.82, 2.24) is 14.6 Å². The van der Waals surface area contributed by atoms with Gasteiger partial charge in [0, 0.05) is 30.3 Å². The lowest BCUT2D eigenvalue weighted by Gasteiger charge is -2.32. The van der Waals surface area contributed by atoms with Crippen LogP contribution in [0, 0.1) is 0 Å². The van der Waals surface area contributed by atoms with E-state index in [1.807, 2.05) is 48.5 Å². The first-order chi connectivity index (χ1) is 16.5. The zero-order valence-electron chi connectivity index (χ0n) is 18.3. The number of benzene rings is 2. The maximum atomic E-state index is 13.4. The molecule has 1 N–H and O–H groups in total. The SMILES string of the molecule is O=C(c1ccccc1-c1ncc(-c2ccccc2)o1)N1CCC(NS(=O)(=O)c2cccs2)CC1. The lowest BCUT2D eigenvalue weighted by molar-refractivity contribution is 0.0712. The maximum Gasteiger partial charge on any atom is 0.254 e. The number of thiophene rings is 1. The summed E-state index contributed by atoms with van der Waals surface area (Å²) in [7, 11) is -3.53. The van der Waals surface area contributed by atoms with E-state index in [0.717, 1.165) is 5.56 Å². The molecule has 1 fully saturated rings. The van der Waals surface area contributed by atoms with Gasteiger partial charge >= 0.3 is 0 Å². The van der Waals surface area contributed by atoms with E-state index in [1.165, 1.54) is 11.3 Å². The van der Waals surface area contributed by atoms with E-state index in [9.17, 15) is 13.2 Å². The van der Waals surface area contributed by atoms with Crippen LogP contribution in [0.5, 0.6) is 0 Å². The highest BCUT2D eigenvalue weighted by molar-refractivity contribution is 7.91. The summed E-state index contributed by atoms with van der Waals surface area (Å²) in [4.78, 5) is 19.5. The average molecular weight is 494 g/mol. The molecule has 3 heterocycles. The Bertz CT molecular complexity index is 1370. The van der Waals surface area contributed by atoms with Gasteiger partial charge in [-0.25, -0.2) is 18.1 Å². The highest BCUT2D eigenvalue weighted by Crippen LogP contribution is 2.29. The molecule has 1 aliphatic rings. The molecule has 1 saturated heterocycles. The Balaban J connectivity index is 1.29. The Morgan fingerprint density at radius 2 is 1.74 bits per heavy atom. The highest BCUT2D eigenvalue weighted by atomic mass is 32.2. The van der Waals surface area contributed by atoms with Crippen LogP contribution >= 0.6 is 11.3 Å². The molecular formula is C25H23N3O4S2. The molecule has 7 nitrogen and oxygen atoms in total. The van der Waals surface area contributed by atoms with Crippen molar-refractivity contribution >= 4 is 27.3 Å². The molecule has 0 spiro atoms. The van der Waals surface area contributed by atoms with Crippen molar-refractivity contribution in [1.29, 1.82) is 0 Å². The topological polar surface area (TPSA) is 92.5 Å². The van der Waals surface area contributed by atoms with Gasteiger partial charge in [-0.3, -0.25) is 4.79 Å². The van der Waals surface area contributed by atoms with Crippen molar-refractivity contribution in [2.45, 2.75) is 23.1 Å². The van der Waals surface area contributed by atoms with Gasteiger partial charge in [0.05, 0.1) is 11.8 Å². The van der Waals surface area contributed by atoms with E-state index in [4.69, 9.17) is 4.42 Å². The van der Waals surface area contributed by atoms with E-state index in [-0.39, 0.29) is 11.9 Å². The standard InChI is InChI=1S/C25H23N3O4S2/c29-25(28-14-12-19(13-15-28)27-34(30,31)23-11-6-16-33-23)21-10-5-4-9-20(21)24-26-17-22(32-24)18-7-2-1-3-8-18/h1-11,16-17,19,27H,12-15H2. The number of nitrogens with zero attached hydrogens (tertiary/aromatic N) is 2. The molecule has 34 heavy (non-hydrogen) atoms. The summed E-state index contributed by atoms with van der Waals surface area (Å²) in [6.07, 6.45) is 2.77. The molecule has 0 aliphatic carbocycles. The second-order valence-corrected chi connectivity index (χ2v) is 10.9. The maximum absolute atomic E-state index is 13.4. The number of hydrogen-bond donors (Lipinski definition) is 1. The Labute approximate surface area is 202 Å². The minimum absolute atomic E-state index is 0.116. The predicted octanol–water partition coefficient (Wildman–Crippen LogP) is 4.65. The second kappa shape index (κ2) is 9.54. The van der Waals surface area contributed by atoms with Crippen LogP contribution < -0.4 is 4.72 Å². The number of nitrogens with one attached hydrogen (secondary N) is 1. The zero-order chi connectivity index (χ0) is 23.5. The van der Waals surface area contributed by atoms with Crippen LogP contribution in [0.1, 0.15) is 23.2 Å². The third kappa shape index (κ3) is 4.68. The van der Waals surface area contributed by atoms with E-state index in [2.05, 4.69) is 9.71 Å². The molecule has 0 bridgehead atoms. The number of sulfonamides is 1. The quantitative estimate of drug-likeness (QED) is 0.422. The number of piperidine rings is 1. The summed E-state index contributed by atoms with van der Waals surface area (Å²) in [5, 5.41) is 1.74. The monoisotopic (exact) mass is 493 g/mol. The molecule has 174 valence electrons. The van der Waals surface area contributed by atoms with Gasteiger partial charge in [0.25, 0.3) is 5.91 Å². The molecule has 0 saturated carbocycles. The van der Waals surface area contributed by atoms with E-state index < -0.39 is 10.0 Å². The molecule has 1 amide bonds. The summed E-state index contributed by atoms with van der Waals surface area (Å²) in [5.41, 5.74) is 2.06. The van der Waals surface area contributed by atoms with Crippen LogP contribution in [-0.4, -0.2) is 43.3 Å². The Hall–Kier alpha value is -3.27. The first-order valence-electron chi connectivity index (χ1n) is 11.0. The normalized spacial score (nSPS) is 14.9. The number of carbonyl (C=O) groups excluding carboxylic acids is 1. The van der Waals surface area contributed by atoms with Gasteiger partial charge in [0.1, 0.15) is 4.21 Å². The highest BCUT2D eigenvalue weighted by Gasteiger charge is 2.29. The van der Waals surface area contributed by atoms with Crippen LogP contribution in [0.25, 0.3) is 22.8 Å². The minimum Gasteiger partial charge on any atom is -0.436 e. The summed E-state index contributed by atoms with van der Waals surface area (Å²) in [6, 6.07) is 20.1. The smallest absolute Gasteiger partial charge is 0.254 e. The first-order valence-corrected chi connectivity index (χ1v) is 13.3. The fourth-order valence-corrected chi connectivity index (χ4v) is 6.37. The van der Waals surface area contributed by atoms with Crippen LogP contribution in [0.15, 0.2) is 86.9 Å². The van der Waals surface area contributed by atoms with Crippen molar-refractivity contribution in [2.24, 2.45) is 0 Å². The van der Waals surface area contributed by atoms with Crippen molar-refractivity contribution in [2.75, 3.05) is 13.1 Å². The van der Waals surface area contributed by atoms with Crippen molar-refractivity contribution in [3.63, 3.8) is 0 Å². The molecule has 1 aliphatic heterocycles. The molecular weight excluding hydrogens is 470 g/mol. The number of rotatable bonds is 6. The van der Waals surface area contributed by atoms with Gasteiger partial charge in [-0.2, -0.15) is 0 Å².